The molecule has 0 bridgehead atoms. The van der Waals surface area contributed by atoms with Gasteiger partial charge >= 0.3 is 0 Å². The summed E-state index contributed by atoms with van der Waals surface area (Å²) >= 11 is 5.50. The first kappa shape index (κ1) is 15.8. The van der Waals surface area contributed by atoms with Gasteiger partial charge in [-0.15, -0.1) is 11.6 Å². The lowest BCUT2D eigenvalue weighted by atomic mass is 10.00. The van der Waals surface area contributed by atoms with Crippen molar-refractivity contribution < 1.29 is 22.3 Å². The maximum atomic E-state index is 13.9. The first-order valence-electron chi connectivity index (χ1n) is 6.11. The van der Waals surface area contributed by atoms with Crippen molar-refractivity contribution in [3.8, 4) is 0 Å². The van der Waals surface area contributed by atoms with Crippen LogP contribution >= 0.6 is 11.6 Å². The fraction of sp³-hybridized carbons (Fsp3) is 0.200. The zero-order valence-electron chi connectivity index (χ0n) is 10.8. The smallest absolute Gasteiger partial charge is 0.164 e. The van der Waals surface area contributed by atoms with Crippen molar-refractivity contribution in [1.82, 2.24) is 0 Å². The molecule has 2 aromatic rings. The average molecular weight is 319 g/mol. The van der Waals surface area contributed by atoms with E-state index in [0.29, 0.717) is 0 Å². The Hall–Kier alpha value is -1.59. The van der Waals surface area contributed by atoms with Gasteiger partial charge in [0.1, 0.15) is 6.10 Å². The van der Waals surface area contributed by atoms with Gasteiger partial charge in [0.05, 0.1) is 6.61 Å². The van der Waals surface area contributed by atoms with Crippen LogP contribution in [-0.2, 0) is 4.74 Å². The van der Waals surface area contributed by atoms with E-state index in [0.717, 1.165) is 12.1 Å². The molecular weight excluding hydrogens is 308 g/mol. The van der Waals surface area contributed by atoms with E-state index in [1.165, 1.54) is 24.3 Å². The van der Waals surface area contributed by atoms with E-state index in [9.17, 15) is 17.6 Å². The maximum absolute atomic E-state index is 13.9. The van der Waals surface area contributed by atoms with Gasteiger partial charge in [-0.1, -0.05) is 24.3 Å². The zero-order chi connectivity index (χ0) is 15.4. The molecule has 1 nitrogen and oxygen atoms in total. The van der Waals surface area contributed by atoms with Gasteiger partial charge in [-0.25, -0.2) is 17.6 Å². The van der Waals surface area contributed by atoms with Gasteiger partial charge in [0.15, 0.2) is 23.3 Å². The molecule has 0 saturated heterocycles. The molecule has 0 unspecified atom stereocenters. The van der Waals surface area contributed by atoms with Gasteiger partial charge in [-0.3, -0.25) is 0 Å². The minimum Gasteiger partial charge on any atom is -0.367 e. The summed E-state index contributed by atoms with van der Waals surface area (Å²) in [7, 11) is 0. The number of hydrogen-bond acceptors (Lipinski definition) is 1. The van der Waals surface area contributed by atoms with Crippen LogP contribution in [-0.4, -0.2) is 12.5 Å². The van der Waals surface area contributed by atoms with Gasteiger partial charge in [-0.05, 0) is 12.1 Å². The summed E-state index contributed by atoms with van der Waals surface area (Å²) in [5.41, 5.74) is -0.436. The number of halogens is 5. The van der Waals surface area contributed by atoms with Crippen molar-refractivity contribution in [3.63, 3.8) is 0 Å². The fourth-order valence-corrected chi connectivity index (χ4v) is 2.04. The molecular formula is C15H11ClF4O. The Kier molecular flexibility index (Phi) is 5.20. The molecule has 6 heteroatoms. The minimum atomic E-state index is -1.28. The van der Waals surface area contributed by atoms with Gasteiger partial charge in [0.25, 0.3) is 0 Å². The van der Waals surface area contributed by atoms with Crippen LogP contribution in [0.1, 0.15) is 17.2 Å². The Bertz CT molecular complexity index is 582. The summed E-state index contributed by atoms with van der Waals surface area (Å²) < 4.78 is 59.7. The normalized spacial score (nSPS) is 11.1. The second-order valence-electron chi connectivity index (χ2n) is 4.23. The molecule has 0 fully saturated rings. The van der Waals surface area contributed by atoms with Crippen LogP contribution in [0.25, 0.3) is 0 Å². The van der Waals surface area contributed by atoms with E-state index in [2.05, 4.69) is 0 Å². The third kappa shape index (κ3) is 3.36. The molecule has 0 aromatic heterocycles. The fourth-order valence-electron chi connectivity index (χ4n) is 1.96. The minimum absolute atomic E-state index is 0.0296. The molecule has 0 aliphatic carbocycles. The van der Waals surface area contributed by atoms with Crippen molar-refractivity contribution in [2.45, 2.75) is 6.10 Å². The second kappa shape index (κ2) is 6.91. The highest BCUT2D eigenvalue weighted by Gasteiger charge is 2.24. The van der Waals surface area contributed by atoms with Crippen LogP contribution in [0.4, 0.5) is 17.6 Å². The number of alkyl halides is 1. The van der Waals surface area contributed by atoms with Gasteiger partial charge < -0.3 is 4.74 Å². The summed E-state index contributed by atoms with van der Waals surface area (Å²) in [5, 5.41) is 0. The molecule has 2 rings (SSSR count). The van der Waals surface area contributed by atoms with Crippen molar-refractivity contribution in [2.24, 2.45) is 0 Å². The predicted molar refractivity (Wildman–Crippen MR) is 71.2 cm³/mol. The van der Waals surface area contributed by atoms with E-state index in [1.54, 1.807) is 0 Å². The Morgan fingerprint density at radius 1 is 0.857 bits per heavy atom. The number of hydrogen-bond donors (Lipinski definition) is 0. The third-order valence-corrected chi connectivity index (χ3v) is 3.04. The lowest BCUT2D eigenvalue weighted by Gasteiger charge is -2.20. The summed E-state index contributed by atoms with van der Waals surface area (Å²) in [6, 6.07) is 6.89. The number of ether oxygens (including phenoxy) is 1. The first-order valence-corrected chi connectivity index (χ1v) is 6.65. The number of rotatable bonds is 5. The predicted octanol–water partition coefficient (Wildman–Crippen LogP) is 4.59. The molecule has 0 amide bonds. The van der Waals surface area contributed by atoms with Crippen molar-refractivity contribution in [2.75, 3.05) is 12.5 Å². The van der Waals surface area contributed by atoms with Crippen LogP contribution in [0.2, 0.25) is 0 Å². The SMILES string of the molecule is Fc1cccc(C(OCCCl)c2cccc(F)c2F)c1F. The molecule has 0 N–H and O–H groups in total. The quantitative estimate of drug-likeness (QED) is 0.579. The lowest BCUT2D eigenvalue weighted by molar-refractivity contribution is 0.0865. The Balaban J connectivity index is 2.52. The molecule has 0 radical (unpaired) electrons. The van der Waals surface area contributed by atoms with Crippen molar-refractivity contribution >= 4 is 11.6 Å². The highest BCUT2D eigenvalue weighted by Crippen LogP contribution is 2.31. The molecule has 0 heterocycles. The van der Waals surface area contributed by atoms with Gasteiger partial charge in [0, 0.05) is 17.0 Å². The standard InChI is InChI=1S/C15H11ClF4O/c16-7-8-21-15(9-3-1-5-11(17)13(9)19)10-4-2-6-12(18)14(10)20/h1-6,15H,7-8H2. The van der Waals surface area contributed by atoms with E-state index in [1.807, 2.05) is 0 Å². The Labute approximate surface area is 124 Å². The van der Waals surface area contributed by atoms with Crippen LogP contribution in [0.15, 0.2) is 36.4 Å². The van der Waals surface area contributed by atoms with Crippen molar-refractivity contribution in [3.05, 3.63) is 70.8 Å². The molecule has 2 aromatic carbocycles. The van der Waals surface area contributed by atoms with E-state index >= 15 is 0 Å². The van der Waals surface area contributed by atoms with E-state index in [-0.39, 0.29) is 23.6 Å². The van der Waals surface area contributed by atoms with Gasteiger partial charge in [-0.2, -0.15) is 0 Å². The monoisotopic (exact) mass is 318 g/mol. The summed E-state index contributed by atoms with van der Waals surface area (Å²) in [6.07, 6.45) is -1.28. The lowest BCUT2D eigenvalue weighted by Crippen LogP contribution is -2.13. The second-order valence-corrected chi connectivity index (χ2v) is 4.60. The highest BCUT2D eigenvalue weighted by atomic mass is 35.5. The van der Waals surface area contributed by atoms with Crippen LogP contribution in [0.5, 0.6) is 0 Å². The molecule has 0 atom stereocenters. The van der Waals surface area contributed by atoms with Gasteiger partial charge in [0.2, 0.25) is 0 Å². The van der Waals surface area contributed by atoms with Crippen LogP contribution < -0.4 is 0 Å². The molecule has 0 spiro atoms. The largest absolute Gasteiger partial charge is 0.367 e. The summed E-state index contributed by atoms with van der Waals surface area (Å²) in [6.45, 7) is -0.0296. The van der Waals surface area contributed by atoms with Crippen LogP contribution in [0.3, 0.4) is 0 Å². The molecule has 0 aliphatic rings. The average Bonchev–Trinajstić information content (AvgIpc) is 2.47. The highest BCUT2D eigenvalue weighted by molar-refractivity contribution is 6.17. The third-order valence-electron chi connectivity index (χ3n) is 2.89. The number of benzene rings is 2. The molecule has 112 valence electrons. The molecule has 0 aliphatic heterocycles. The first-order chi connectivity index (χ1) is 10.1. The molecule has 21 heavy (non-hydrogen) atoms. The zero-order valence-corrected chi connectivity index (χ0v) is 11.5. The Morgan fingerprint density at radius 2 is 1.33 bits per heavy atom. The van der Waals surface area contributed by atoms with Crippen LogP contribution in [0, 0.1) is 23.3 Å². The maximum Gasteiger partial charge on any atom is 0.164 e. The topological polar surface area (TPSA) is 9.23 Å². The van der Waals surface area contributed by atoms with Crippen molar-refractivity contribution in [1.29, 1.82) is 0 Å². The Morgan fingerprint density at radius 3 is 1.76 bits per heavy atom. The van der Waals surface area contributed by atoms with E-state index in [4.69, 9.17) is 16.3 Å². The summed E-state index contributed by atoms with van der Waals surface area (Å²) in [4.78, 5) is 0. The van der Waals surface area contributed by atoms with E-state index < -0.39 is 29.4 Å². The molecule has 0 saturated carbocycles. The summed E-state index contributed by atoms with van der Waals surface area (Å²) in [5.74, 6) is -4.45.